The highest BCUT2D eigenvalue weighted by Gasteiger charge is 2.49. The van der Waals surface area contributed by atoms with E-state index in [9.17, 15) is 13.2 Å². The van der Waals surface area contributed by atoms with Crippen LogP contribution in [-0.2, 0) is 13.5 Å². The molecule has 1 saturated carbocycles. The molecule has 33 heavy (non-hydrogen) atoms. The van der Waals surface area contributed by atoms with Gasteiger partial charge in [0.1, 0.15) is 17.0 Å². The van der Waals surface area contributed by atoms with Crippen molar-refractivity contribution >= 4 is 44.0 Å². The summed E-state index contributed by atoms with van der Waals surface area (Å²) in [5.41, 5.74) is 2.44. The van der Waals surface area contributed by atoms with Crippen LogP contribution >= 0.6 is 11.3 Å². The van der Waals surface area contributed by atoms with E-state index < -0.39 is 12.6 Å². The summed E-state index contributed by atoms with van der Waals surface area (Å²) in [4.78, 5) is 11.8. The second kappa shape index (κ2) is 7.31. The molecule has 1 N–H and O–H groups in total. The van der Waals surface area contributed by atoms with Gasteiger partial charge in [-0.15, -0.1) is 11.3 Å². The van der Waals surface area contributed by atoms with E-state index in [1.165, 1.54) is 6.33 Å². The summed E-state index contributed by atoms with van der Waals surface area (Å²) in [7, 11) is 1.95. The lowest BCUT2D eigenvalue weighted by Gasteiger charge is -2.46. The van der Waals surface area contributed by atoms with Gasteiger partial charge in [-0.25, -0.2) is 9.97 Å². The van der Waals surface area contributed by atoms with Gasteiger partial charge in [-0.2, -0.15) is 18.3 Å². The maximum atomic E-state index is 12.8. The van der Waals surface area contributed by atoms with Crippen LogP contribution in [0.3, 0.4) is 0 Å². The second-order valence-corrected chi connectivity index (χ2v) is 10.5. The topological polar surface area (TPSA) is 58.9 Å². The predicted molar refractivity (Wildman–Crippen MR) is 124 cm³/mol. The van der Waals surface area contributed by atoms with Crippen LogP contribution in [0.1, 0.15) is 24.1 Å². The molecule has 2 fully saturated rings. The van der Waals surface area contributed by atoms with Gasteiger partial charge in [-0.1, -0.05) is 0 Å². The smallest absolute Gasteiger partial charge is 0.382 e. The van der Waals surface area contributed by atoms with E-state index in [0.29, 0.717) is 10.9 Å². The van der Waals surface area contributed by atoms with Crippen LogP contribution in [0.15, 0.2) is 36.8 Å². The molecule has 10 heteroatoms. The van der Waals surface area contributed by atoms with E-state index in [4.69, 9.17) is 0 Å². The van der Waals surface area contributed by atoms with Gasteiger partial charge in [0.25, 0.3) is 0 Å². The largest absolute Gasteiger partial charge is 0.393 e. The number of anilines is 2. The summed E-state index contributed by atoms with van der Waals surface area (Å²) in [5, 5.41) is 9.82. The highest BCUT2D eigenvalue weighted by Crippen LogP contribution is 2.50. The summed E-state index contributed by atoms with van der Waals surface area (Å²) >= 11 is 1.11. The van der Waals surface area contributed by atoms with Crippen LogP contribution in [0.5, 0.6) is 0 Å². The molecule has 0 radical (unpaired) electrons. The van der Waals surface area contributed by atoms with Crippen molar-refractivity contribution in [3.8, 4) is 0 Å². The van der Waals surface area contributed by atoms with E-state index in [1.807, 2.05) is 17.9 Å². The molecule has 6 rings (SSSR count). The third-order valence-electron chi connectivity index (χ3n) is 6.95. The van der Waals surface area contributed by atoms with E-state index >= 15 is 0 Å². The molecule has 1 aliphatic carbocycles. The monoisotopic (exact) mass is 472 g/mol. The van der Waals surface area contributed by atoms with Crippen molar-refractivity contribution in [3.63, 3.8) is 0 Å². The quantitative estimate of drug-likeness (QED) is 0.445. The Bertz CT molecular complexity index is 1340. The lowest BCUT2D eigenvalue weighted by Crippen LogP contribution is -2.46. The van der Waals surface area contributed by atoms with Crippen LogP contribution in [-0.4, -0.2) is 45.1 Å². The molecule has 2 aliphatic rings. The fourth-order valence-electron chi connectivity index (χ4n) is 5.44. The third-order valence-corrected chi connectivity index (χ3v) is 7.99. The molecule has 3 aromatic heterocycles. The number of thiophene rings is 1. The Labute approximate surface area is 192 Å². The Hall–Kier alpha value is -2.88. The van der Waals surface area contributed by atoms with Crippen molar-refractivity contribution in [1.29, 1.82) is 0 Å². The molecule has 0 bridgehead atoms. The first-order chi connectivity index (χ1) is 15.8. The molecule has 4 aromatic rings. The van der Waals surface area contributed by atoms with Crippen molar-refractivity contribution in [2.24, 2.45) is 12.5 Å². The number of nitrogens with zero attached hydrogens (tertiary/aromatic N) is 5. The summed E-state index contributed by atoms with van der Waals surface area (Å²) < 4.78 is 40.4. The van der Waals surface area contributed by atoms with Gasteiger partial charge in [0, 0.05) is 42.1 Å². The highest BCUT2D eigenvalue weighted by atomic mass is 32.1. The molecule has 0 unspecified atom stereocenters. The van der Waals surface area contributed by atoms with E-state index in [0.717, 1.165) is 71.5 Å². The molecule has 1 spiro atoms. The molecular formula is C23H23F3N6S. The first-order valence-electron chi connectivity index (χ1n) is 11.0. The number of nitrogens with one attached hydrogen (secondary N) is 1. The second-order valence-electron chi connectivity index (χ2n) is 9.38. The van der Waals surface area contributed by atoms with Gasteiger partial charge in [0.05, 0.1) is 23.5 Å². The average Bonchev–Trinajstić information content (AvgIpc) is 3.43. The zero-order valence-electron chi connectivity index (χ0n) is 18.1. The fraction of sp³-hybridized carbons (Fsp3) is 0.435. The van der Waals surface area contributed by atoms with Crippen LogP contribution < -0.4 is 10.2 Å². The number of hydrogen-bond acceptors (Lipinski definition) is 6. The summed E-state index contributed by atoms with van der Waals surface area (Å²) in [5.74, 6) is 0.764. The van der Waals surface area contributed by atoms with Gasteiger partial charge in [-0.3, -0.25) is 4.68 Å². The molecule has 172 valence electrons. The molecule has 4 heterocycles. The van der Waals surface area contributed by atoms with Crippen molar-refractivity contribution in [2.45, 2.75) is 37.9 Å². The van der Waals surface area contributed by atoms with Gasteiger partial charge >= 0.3 is 6.18 Å². The highest BCUT2D eigenvalue weighted by molar-refractivity contribution is 7.18. The zero-order chi connectivity index (χ0) is 22.8. The number of aryl methyl sites for hydroxylation is 1. The van der Waals surface area contributed by atoms with Crippen LogP contribution in [0, 0.1) is 5.41 Å². The Balaban J connectivity index is 1.14. The molecular weight excluding hydrogens is 449 g/mol. The fourth-order valence-corrected chi connectivity index (χ4v) is 6.46. The van der Waals surface area contributed by atoms with Crippen molar-refractivity contribution < 1.29 is 13.2 Å². The number of rotatable bonds is 4. The Morgan fingerprint density at radius 2 is 2.06 bits per heavy atom. The van der Waals surface area contributed by atoms with E-state index in [1.54, 1.807) is 6.07 Å². The van der Waals surface area contributed by atoms with E-state index in [2.05, 4.69) is 43.5 Å². The average molecular weight is 473 g/mol. The number of hydrogen-bond donors (Lipinski definition) is 1. The maximum Gasteiger partial charge on any atom is 0.393 e. The molecule has 0 atom stereocenters. The molecule has 1 saturated heterocycles. The van der Waals surface area contributed by atoms with Gasteiger partial charge in [0.15, 0.2) is 0 Å². The first-order valence-corrected chi connectivity index (χ1v) is 11.8. The van der Waals surface area contributed by atoms with Crippen molar-refractivity contribution in [2.75, 3.05) is 23.3 Å². The number of halogens is 3. The molecule has 6 nitrogen and oxygen atoms in total. The predicted octanol–water partition coefficient (Wildman–Crippen LogP) is 5.15. The van der Waals surface area contributed by atoms with Gasteiger partial charge in [0.2, 0.25) is 0 Å². The minimum Gasteiger partial charge on any atom is -0.382 e. The standard InChI is InChI=1S/C23H23F3N6S/c1-31-19-6-15(3-2-14(19)11-29-31)30-16-8-22(9-16)4-5-32(12-22)20-18-7-17(10-23(24,25)26)33-21(18)28-13-27-20/h2-3,6-7,11,13,16,30H,4-5,8-10,12H2,1H3. The van der Waals surface area contributed by atoms with Crippen LogP contribution in [0.4, 0.5) is 24.7 Å². The zero-order valence-corrected chi connectivity index (χ0v) is 18.9. The number of benzene rings is 1. The first kappa shape index (κ1) is 20.7. The van der Waals surface area contributed by atoms with Crippen molar-refractivity contribution in [1.82, 2.24) is 19.7 Å². The molecule has 1 aliphatic heterocycles. The third kappa shape index (κ3) is 3.80. The minimum atomic E-state index is -4.22. The summed E-state index contributed by atoms with van der Waals surface area (Å²) in [6, 6.07) is 8.36. The number of alkyl halides is 3. The molecule has 1 aromatic carbocycles. The maximum absolute atomic E-state index is 12.8. The van der Waals surface area contributed by atoms with Crippen LogP contribution in [0.2, 0.25) is 0 Å². The van der Waals surface area contributed by atoms with Gasteiger partial charge in [-0.05, 0) is 48.9 Å². The van der Waals surface area contributed by atoms with Gasteiger partial charge < -0.3 is 10.2 Å². The lowest BCUT2D eigenvalue weighted by atomic mass is 9.65. The Kier molecular flexibility index (Phi) is 4.59. The van der Waals surface area contributed by atoms with Crippen LogP contribution in [0.25, 0.3) is 21.1 Å². The number of aromatic nitrogens is 4. The minimum absolute atomic E-state index is 0.233. The van der Waals surface area contributed by atoms with Crippen molar-refractivity contribution in [3.05, 3.63) is 41.7 Å². The summed E-state index contributed by atoms with van der Waals surface area (Å²) in [6.07, 6.45) is 1.41. The Morgan fingerprint density at radius 3 is 2.88 bits per heavy atom. The normalized spacial score (nSPS) is 23.0. The SMILES string of the molecule is Cn1ncc2ccc(NC3CC4(CCN(c5ncnc6sc(CC(F)(F)F)cc56)C4)C3)cc21. The molecule has 0 amide bonds. The summed E-state index contributed by atoms with van der Waals surface area (Å²) in [6.45, 7) is 1.74. The Morgan fingerprint density at radius 1 is 1.21 bits per heavy atom. The lowest BCUT2D eigenvalue weighted by molar-refractivity contribution is -0.126. The van der Waals surface area contributed by atoms with E-state index in [-0.39, 0.29) is 10.3 Å². The number of fused-ring (bicyclic) bond motifs is 2.